The number of aromatic nitrogens is 2. The summed E-state index contributed by atoms with van der Waals surface area (Å²) in [5.74, 6) is 0.397. The van der Waals surface area contributed by atoms with Gasteiger partial charge in [-0.15, -0.1) is 10.2 Å². The van der Waals surface area contributed by atoms with E-state index in [1.807, 2.05) is 0 Å². The molecule has 19 heavy (non-hydrogen) atoms. The van der Waals surface area contributed by atoms with Crippen molar-refractivity contribution in [2.24, 2.45) is 0 Å². The number of benzene rings is 1. The van der Waals surface area contributed by atoms with Crippen molar-refractivity contribution in [2.75, 3.05) is 0 Å². The van der Waals surface area contributed by atoms with Crippen molar-refractivity contribution in [3.8, 4) is 0 Å². The van der Waals surface area contributed by atoms with Crippen LogP contribution in [0.25, 0.3) is 0 Å². The molecule has 2 aromatic rings. The van der Waals surface area contributed by atoms with Crippen molar-refractivity contribution < 1.29 is 22.7 Å². The van der Waals surface area contributed by atoms with Crippen LogP contribution in [0.4, 0.5) is 13.2 Å². The molecule has 0 amide bonds. The summed E-state index contributed by atoms with van der Waals surface area (Å²) in [7, 11) is 0. The molecular formula is C12H11F3N2O2. The predicted octanol–water partition coefficient (Wildman–Crippen LogP) is 2.67. The highest BCUT2D eigenvalue weighted by Crippen LogP contribution is 2.35. The van der Waals surface area contributed by atoms with Crippen LogP contribution >= 0.6 is 0 Å². The number of nitrogens with zero attached hydrogens (tertiary/aromatic N) is 2. The fourth-order valence-corrected chi connectivity index (χ4v) is 1.74. The molecule has 0 saturated heterocycles. The summed E-state index contributed by atoms with van der Waals surface area (Å²) < 4.78 is 43.4. The average molecular weight is 272 g/mol. The van der Waals surface area contributed by atoms with E-state index in [1.54, 1.807) is 6.92 Å². The third-order valence-corrected chi connectivity index (χ3v) is 2.56. The Bertz CT molecular complexity index is 566. The van der Waals surface area contributed by atoms with Gasteiger partial charge in [-0.05, 0) is 11.6 Å². The molecule has 0 radical (unpaired) electrons. The van der Waals surface area contributed by atoms with E-state index in [4.69, 9.17) is 4.42 Å². The molecule has 7 heteroatoms. The van der Waals surface area contributed by atoms with E-state index in [1.165, 1.54) is 18.2 Å². The predicted molar refractivity (Wildman–Crippen MR) is 59.1 cm³/mol. The number of hydrogen-bond donors (Lipinski definition) is 1. The van der Waals surface area contributed by atoms with Crippen LogP contribution in [0.3, 0.4) is 0 Å². The number of aliphatic hydroxyl groups is 1. The minimum atomic E-state index is -4.51. The molecule has 4 nitrogen and oxygen atoms in total. The van der Waals surface area contributed by atoms with Gasteiger partial charge in [0.05, 0.1) is 18.1 Å². The maximum Gasteiger partial charge on any atom is 0.416 e. The number of halogens is 3. The Morgan fingerprint density at radius 2 is 1.95 bits per heavy atom. The van der Waals surface area contributed by atoms with Gasteiger partial charge < -0.3 is 9.52 Å². The summed E-state index contributed by atoms with van der Waals surface area (Å²) in [4.78, 5) is 0. The molecule has 0 aliphatic heterocycles. The summed E-state index contributed by atoms with van der Waals surface area (Å²) in [5, 5.41) is 17.1. The first kappa shape index (κ1) is 13.5. The number of hydrogen-bond acceptors (Lipinski definition) is 4. The van der Waals surface area contributed by atoms with Crippen molar-refractivity contribution in [3.05, 3.63) is 47.2 Å². The number of alkyl halides is 3. The minimum Gasteiger partial charge on any atom is -0.425 e. The molecule has 0 fully saturated rings. The van der Waals surface area contributed by atoms with Gasteiger partial charge in [0.25, 0.3) is 0 Å². The zero-order valence-corrected chi connectivity index (χ0v) is 9.98. The molecule has 0 bridgehead atoms. The Morgan fingerprint density at radius 3 is 2.53 bits per heavy atom. The monoisotopic (exact) mass is 272 g/mol. The van der Waals surface area contributed by atoms with E-state index in [-0.39, 0.29) is 17.9 Å². The quantitative estimate of drug-likeness (QED) is 0.933. The summed E-state index contributed by atoms with van der Waals surface area (Å²) in [6.07, 6.45) is -6.02. The highest BCUT2D eigenvalue weighted by atomic mass is 19.4. The second-order valence-corrected chi connectivity index (χ2v) is 4.02. The zero-order valence-electron chi connectivity index (χ0n) is 9.98. The third-order valence-electron chi connectivity index (χ3n) is 2.56. The van der Waals surface area contributed by atoms with Gasteiger partial charge in [-0.2, -0.15) is 13.2 Å². The maximum absolute atomic E-state index is 12.8. The minimum absolute atomic E-state index is 0.0991. The number of aryl methyl sites for hydroxylation is 1. The summed E-state index contributed by atoms with van der Waals surface area (Å²) >= 11 is 0. The van der Waals surface area contributed by atoms with E-state index in [0.29, 0.717) is 5.89 Å². The van der Waals surface area contributed by atoms with Gasteiger partial charge in [0.1, 0.15) is 0 Å². The lowest BCUT2D eigenvalue weighted by atomic mass is 10.00. The topological polar surface area (TPSA) is 59.2 Å². The molecule has 1 aromatic carbocycles. The van der Waals surface area contributed by atoms with Crippen LogP contribution in [0.15, 0.2) is 28.7 Å². The van der Waals surface area contributed by atoms with Crippen LogP contribution in [0, 0.1) is 6.92 Å². The summed E-state index contributed by atoms with van der Waals surface area (Å²) in [6, 6.07) is 4.87. The molecule has 2 rings (SSSR count). The molecule has 0 saturated carbocycles. The fraction of sp³-hybridized carbons (Fsp3) is 0.333. The van der Waals surface area contributed by atoms with Crippen molar-refractivity contribution in [1.29, 1.82) is 0 Å². The highest BCUT2D eigenvalue weighted by Gasteiger charge is 2.34. The van der Waals surface area contributed by atoms with Crippen LogP contribution in [0.2, 0.25) is 0 Å². The SMILES string of the molecule is Cc1nnc(C[C@@H](O)c2ccccc2C(F)(F)F)o1. The van der Waals surface area contributed by atoms with Gasteiger partial charge >= 0.3 is 6.18 Å². The second kappa shape index (κ2) is 5.00. The Labute approximate surface area is 106 Å². The zero-order chi connectivity index (χ0) is 14.0. The molecule has 1 N–H and O–H groups in total. The largest absolute Gasteiger partial charge is 0.425 e. The van der Waals surface area contributed by atoms with Crippen molar-refractivity contribution in [1.82, 2.24) is 10.2 Å². The lowest BCUT2D eigenvalue weighted by Gasteiger charge is -2.16. The third kappa shape index (κ3) is 3.11. The first-order chi connectivity index (χ1) is 8.88. The second-order valence-electron chi connectivity index (χ2n) is 4.02. The molecule has 102 valence electrons. The van der Waals surface area contributed by atoms with Crippen LogP contribution < -0.4 is 0 Å². The summed E-state index contributed by atoms with van der Waals surface area (Å²) in [5.41, 5.74) is -1.07. The number of aliphatic hydroxyl groups excluding tert-OH is 1. The molecule has 1 heterocycles. The Hall–Kier alpha value is -1.89. The van der Waals surface area contributed by atoms with Crippen molar-refractivity contribution in [2.45, 2.75) is 25.6 Å². The fourth-order valence-electron chi connectivity index (χ4n) is 1.74. The maximum atomic E-state index is 12.8. The van der Waals surface area contributed by atoms with Gasteiger partial charge in [-0.1, -0.05) is 18.2 Å². The lowest BCUT2D eigenvalue weighted by Crippen LogP contribution is -2.13. The summed E-state index contributed by atoms with van der Waals surface area (Å²) in [6.45, 7) is 1.56. The highest BCUT2D eigenvalue weighted by molar-refractivity contribution is 5.31. The molecule has 0 spiro atoms. The van der Waals surface area contributed by atoms with Crippen molar-refractivity contribution >= 4 is 0 Å². The normalized spacial score (nSPS) is 13.5. The molecule has 0 unspecified atom stereocenters. The number of rotatable bonds is 3. The van der Waals surface area contributed by atoms with Gasteiger partial charge in [0.15, 0.2) is 0 Å². The van der Waals surface area contributed by atoms with Crippen LogP contribution in [-0.2, 0) is 12.6 Å². The molecule has 1 aromatic heterocycles. The van der Waals surface area contributed by atoms with Gasteiger partial charge in [0, 0.05) is 6.92 Å². The Morgan fingerprint density at radius 1 is 1.26 bits per heavy atom. The Balaban J connectivity index is 2.26. The van der Waals surface area contributed by atoms with E-state index in [2.05, 4.69) is 10.2 Å². The first-order valence-corrected chi connectivity index (χ1v) is 5.51. The molecule has 0 aliphatic carbocycles. The Kier molecular flexibility index (Phi) is 3.57. The molecule has 1 atom stereocenters. The van der Waals surface area contributed by atoms with Gasteiger partial charge in [-0.25, -0.2) is 0 Å². The molecule has 0 aliphatic rings. The van der Waals surface area contributed by atoms with Crippen LogP contribution in [0.1, 0.15) is 29.0 Å². The molecular weight excluding hydrogens is 261 g/mol. The van der Waals surface area contributed by atoms with Crippen LogP contribution in [-0.4, -0.2) is 15.3 Å². The van der Waals surface area contributed by atoms with E-state index in [0.717, 1.165) is 6.07 Å². The first-order valence-electron chi connectivity index (χ1n) is 5.51. The standard InChI is InChI=1S/C12H11F3N2O2/c1-7-16-17-11(19-7)6-10(18)8-4-2-3-5-9(8)12(13,14)15/h2-5,10,18H,6H2,1H3/t10-/m1/s1. The average Bonchev–Trinajstić information content (AvgIpc) is 2.73. The smallest absolute Gasteiger partial charge is 0.416 e. The lowest BCUT2D eigenvalue weighted by molar-refractivity contribution is -0.139. The van der Waals surface area contributed by atoms with Gasteiger partial charge in [0.2, 0.25) is 11.8 Å². The van der Waals surface area contributed by atoms with E-state index >= 15 is 0 Å². The van der Waals surface area contributed by atoms with E-state index in [9.17, 15) is 18.3 Å². The van der Waals surface area contributed by atoms with Crippen LogP contribution in [0.5, 0.6) is 0 Å². The van der Waals surface area contributed by atoms with E-state index < -0.39 is 17.8 Å². The van der Waals surface area contributed by atoms with Gasteiger partial charge in [-0.3, -0.25) is 0 Å². The van der Waals surface area contributed by atoms with Crippen molar-refractivity contribution in [3.63, 3.8) is 0 Å².